The van der Waals surface area contributed by atoms with E-state index in [1.54, 1.807) is 20.0 Å². The first-order chi connectivity index (χ1) is 8.08. The molecule has 0 aromatic carbocycles. The molecule has 6 nitrogen and oxygen atoms in total. The third kappa shape index (κ3) is 3.60. The molecule has 2 N–H and O–H groups in total. The third-order valence-electron chi connectivity index (χ3n) is 2.27. The molecule has 1 aromatic heterocycles. The highest BCUT2D eigenvalue weighted by molar-refractivity contribution is 5.86. The largest absolute Gasteiger partial charge is 0.463 e. The molecule has 1 heterocycles. The van der Waals surface area contributed by atoms with Crippen molar-refractivity contribution in [1.29, 1.82) is 0 Å². The number of nitrogens with one attached hydrogen (secondary N) is 2. The average molecular weight is 240 g/mol. The Morgan fingerprint density at radius 1 is 1.47 bits per heavy atom. The summed E-state index contributed by atoms with van der Waals surface area (Å²) in [6, 6.07) is 2.87. The second-order valence-corrected chi connectivity index (χ2v) is 3.47. The van der Waals surface area contributed by atoms with Gasteiger partial charge in [-0.3, -0.25) is 10.1 Å². The zero-order valence-electron chi connectivity index (χ0n) is 10.1. The monoisotopic (exact) mass is 240 g/mol. The molecule has 1 aromatic rings. The number of hydrogen-bond donors (Lipinski definition) is 2. The van der Waals surface area contributed by atoms with E-state index in [1.807, 2.05) is 0 Å². The van der Waals surface area contributed by atoms with Gasteiger partial charge in [0, 0.05) is 7.05 Å². The number of likely N-dealkylation sites (N-methyl/N-ethyl adjacent to an activating group) is 1. The summed E-state index contributed by atoms with van der Waals surface area (Å²) in [5.74, 6) is 0.0957. The minimum atomic E-state index is -0.518. The van der Waals surface area contributed by atoms with E-state index in [-0.39, 0.29) is 17.7 Å². The summed E-state index contributed by atoms with van der Waals surface area (Å²) >= 11 is 0. The standard InChI is InChI=1S/C11H16N2O4/c1-7(10(14)12-2)13-6-8-4-5-9(17-8)11(15)16-3/h4-5,7,13H,6H2,1-3H3,(H,12,14). The zero-order chi connectivity index (χ0) is 12.8. The number of hydrogen-bond acceptors (Lipinski definition) is 5. The molecule has 0 aliphatic rings. The molecule has 94 valence electrons. The topological polar surface area (TPSA) is 80.6 Å². The predicted octanol–water partition coefficient (Wildman–Crippen LogP) is 0.290. The van der Waals surface area contributed by atoms with Crippen LogP contribution in [0, 0.1) is 0 Å². The summed E-state index contributed by atoms with van der Waals surface area (Å²) in [4.78, 5) is 22.3. The van der Waals surface area contributed by atoms with Gasteiger partial charge in [-0.05, 0) is 19.1 Å². The van der Waals surface area contributed by atoms with Crippen LogP contribution in [-0.2, 0) is 16.1 Å². The van der Waals surface area contributed by atoms with E-state index in [4.69, 9.17) is 4.42 Å². The van der Waals surface area contributed by atoms with Crippen molar-refractivity contribution in [2.45, 2.75) is 19.5 Å². The van der Waals surface area contributed by atoms with Crippen LogP contribution < -0.4 is 10.6 Å². The van der Waals surface area contributed by atoms with E-state index in [9.17, 15) is 9.59 Å². The Morgan fingerprint density at radius 2 is 2.18 bits per heavy atom. The normalized spacial score (nSPS) is 11.9. The van der Waals surface area contributed by atoms with Crippen molar-refractivity contribution >= 4 is 11.9 Å². The Labute approximate surface area is 99.3 Å². The summed E-state index contributed by atoms with van der Waals surface area (Å²) in [6.45, 7) is 2.11. The lowest BCUT2D eigenvalue weighted by Gasteiger charge is -2.10. The van der Waals surface area contributed by atoms with Gasteiger partial charge in [0.2, 0.25) is 11.7 Å². The van der Waals surface area contributed by atoms with Crippen LogP contribution in [0.3, 0.4) is 0 Å². The molecule has 1 atom stereocenters. The first-order valence-corrected chi connectivity index (χ1v) is 5.20. The van der Waals surface area contributed by atoms with E-state index < -0.39 is 5.97 Å². The quantitative estimate of drug-likeness (QED) is 0.723. The molecule has 1 unspecified atom stereocenters. The molecule has 0 saturated heterocycles. The van der Waals surface area contributed by atoms with Gasteiger partial charge in [0.1, 0.15) is 5.76 Å². The minimum Gasteiger partial charge on any atom is -0.463 e. The highest BCUT2D eigenvalue weighted by atomic mass is 16.5. The summed E-state index contributed by atoms with van der Waals surface area (Å²) in [5, 5.41) is 5.49. The Bertz CT molecular complexity index is 400. The van der Waals surface area contributed by atoms with Gasteiger partial charge in [-0.25, -0.2) is 4.79 Å². The van der Waals surface area contributed by atoms with Crippen molar-refractivity contribution in [3.05, 3.63) is 23.7 Å². The fourth-order valence-corrected chi connectivity index (χ4v) is 1.25. The van der Waals surface area contributed by atoms with Crippen molar-refractivity contribution in [3.8, 4) is 0 Å². The summed E-state index contributed by atoms with van der Waals surface area (Å²) in [7, 11) is 2.86. The van der Waals surface area contributed by atoms with Crippen molar-refractivity contribution in [2.24, 2.45) is 0 Å². The Balaban J connectivity index is 2.50. The van der Waals surface area contributed by atoms with Gasteiger partial charge in [-0.2, -0.15) is 0 Å². The van der Waals surface area contributed by atoms with Crippen molar-refractivity contribution < 1.29 is 18.7 Å². The highest BCUT2D eigenvalue weighted by Crippen LogP contribution is 2.08. The van der Waals surface area contributed by atoms with E-state index in [0.717, 1.165) is 0 Å². The van der Waals surface area contributed by atoms with Gasteiger partial charge >= 0.3 is 5.97 Å². The van der Waals surface area contributed by atoms with Gasteiger partial charge in [-0.15, -0.1) is 0 Å². The fourth-order valence-electron chi connectivity index (χ4n) is 1.25. The molecular weight excluding hydrogens is 224 g/mol. The van der Waals surface area contributed by atoms with Crippen LogP contribution in [0.5, 0.6) is 0 Å². The van der Waals surface area contributed by atoms with Gasteiger partial charge in [0.25, 0.3) is 0 Å². The van der Waals surface area contributed by atoms with Crippen LogP contribution in [0.15, 0.2) is 16.5 Å². The van der Waals surface area contributed by atoms with Crippen molar-refractivity contribution in [1.82, 2.24) is 10.6 Å². The Hall–Kier alpha value is -1.82. The van der Waals surface area contributed by atoms with Crippen LogP contribution in [0.25, 0.3) is 0 Å². The molecule has 17 heavy (non-hydrogen) atoms. The number of amides is 1. The van der Waals surface area contributed by atoms with E-state index >= 15 is 0 Å². The maximum atomic E-state index is 11.2. The Kier molecular flexibility index (Phi) is 4.71. The molecule has 1 rings (SSSR count). The second-order valence-electron chi connectivity index (χ2n) is 3.47. The molecule has 0 radical (unpaired) electrons. The highest BCUT2D eigenvalue weighted by Gasteiger charge is 2.13. The van der Waals surface area contributed by atoms with Crippen LogP contribution in [0.2, 0.25) is 0 Å². The number of rotatable bonds is 5. The molecule has 0 aliphatic carbocycles. The number of esters is 1. The molecule has 0 aliphatic heterocycles. The molecule has 0 saturated carbocycles. The molecule has 0 bridgehead atoms. The predicted molar refractivity (Wildman–Crippen MR) is 60.4 cm³/mol. The SMILES string of the molecule is CNC(=O)C(C)NCc1ccc(C(=O)OC)o1. The van der Waals surface area contributed by atoms with Gasteiger partial charge < -0.3 is 14.5 Å². The lowest BCUT2D eigenvalue weighted by molar-refractivity contribution is -0.122. The molecule has 0 fully saturated rings. The number of furan rings is 1. The Morgan fingerprint density at radius 3 is 2.76 bits per heavy atom. The lowest BCUT2D eigenvalue weighted by atomic mass is 10.3. The molecule has 6 heteroatoms. The first-order valence-electron chi connectivity index (χ1n) is 5.20. The first kappa shape index (κ1) is 13.2. The zero-order valence-corrected chi connectivity index (χ0v) is 10.1. The number of ether oxygens (including phenoxy) is 1. The third-order valence-corrected chi connectivity index (χ3v) is 2.27. The minimum absolute atomic E-state index is 0.107. The molecule has 1 amide bonds. The molecular formula is C11H16N2O4. The summed E-state index contributed by atoms with van der Waals surface area (Å²) in [5.41, 5.74) is 0. The van der Waals surface area contributed by atoms with Crippen LogP contribution in [-0.4, -0.2) is 32.1 Å². The smallest absolute Gasteiger partial charge is 0.373 e. The number of carbonyl (C=O) groups is 2. The summed E-state index contributed by atoms with van der Waals surface area (Å²) < 4.78 is 9.74. The maximum absolute atomic E-state index is 11.2. The van der Waals surface area contributed by atoms with E-state index in [1.165, 1.54) is 13.2 Å². The fraction of sp³-hybridized carbons (Fsp3) is 0.455. The van der Waals surface area contributed by atoms with Crippen LogP contribution >= 0.6 is 0 Å². The van der Waals surface area contributed by atoms with Gasteiger partial charge in [0.15, 0.2) is 0 Å². The second kappa shape index (κ2) is 6.05. The van der Waals surface area contributed by atoms with Crippen LogP contribution in [0.1, 0.15) is 23.2 Å². The van der Waals surface area contributed by atoms with Crippen LogP contribution in [0.4, 0.5) is 0 Å². The molecule has 0 spiro atoms. The van der Waals surface area contributed by atoms with E-state index in [2.05, 4.69) is 15.4 Å². The average Bonchev–Trinajstić information content (AvgIpc) is 2.82. The van der Waals surface area contributed by atoms with E-state index in [0.29, 0.717) is 12.3 Å². The van der Waals surface area contributed by atoms with Crippen molar-refractivity contribution in [2.75, 3.05) is 14.2 Å². The van der Waals surface area contributed by atoms with Gasteiger partial charge in [-0.1, -0.05) is 0 Å². The lowest BCUT2D eigenvalue weighted by Crippen LogP contribution is -2.40. The van der Waals surface area contributed by atoms with Crippen molar-refractivity contribution in [3.63, 3.8) is 0 Å². The number of carbonyl (C=O) groups excluding carboxylic acids is 2. The summed E-state index contributed by atoms with van der Waals surface area (Å²) in [6.07, 6.45) is 0. The van der Waals surface area contributed by atoms with Gasteiger partial charge in [0.05, 0.1) is 19.7 Å². The number of methoxy groups -OCH3 is 1. The maximum Gasteiger partial charge on any atom is 0.373 e.